The summed E-state index contributed by atoms with van der Waals surface area (Å²) in [6, 6.07) is 5.05. The van der Waals surface area contributed by atoms with Gasteiger partial charge in [-0.25, -0.2) is 18.7 Å². The molecule has 2 aromatic heterocycles. The maximum Gasteiger partial charge on any atom is 0.289 e. The zero-order chi connectivity index (χ0) is 17.2. The van der Waals surface area contributed by atoms with Gasteiger partial charge >= 0.3 is 0 Å². The van der Waals surface area contributed by atoms with Gasteiger partial charge in [0.2, 0.25) is 5.88 Å². The van der Waals surface area contributed by atoms with E-state index in [1.165, 1.54) is 17.3 Å². The Morgan fingerprint density at radius 3 is 2.88 bits per heavy atom. The molecule has 1 atom stereocenters. The zero-order valence-electron chi connectivity index (χ0n) is 13.2. The van der Waals surface area contributed by atoms with Crippen molar-refractivity contribution < 1.29 is 18.3 Å². The van der Waals surface area contributed by atoms with Crippen LogP contribution in [0.4, 0.5) is 8.78 Å². The number of rotatable bonds is 4. The van der Waals surface area contributed by atoms with Crippen molar-refractivity contribution in [1.82, 2.24) is 19.4 Å². The fourth-order valence-electron chi connectivity index (χ4n) is 2.67. The Kier molecular flexibility index (Phi) is 4.46. The topological polar surface area (TPSA) is 60.2 Å². The molecule has 1 unspecified atom stereocenters. The molecule has 0 saturated carbocycles. The molecule has 0 N–H and O–H groups in total. The molecule has 2 aromatic rings. The van der Waals surface area contributed by atoms with Crippen LogP contribution in [-0.2, 0) is 7.05 Å². The Labute approximate surface area is 138 Å². The summed E-state index contributed by atoms with van der Waals surface area (Å²) >= 11 is 0. The highest BCUT2D eigenvalue weighted by Crippen LogP contribution is 2.34. The van der Waals surface area contributed by atoms with E-state index in [2.05, 4.69) is 9.97 Å². The van der Waals surface area contributed by atoms with Crippen LogP contribution in [-0.4, -0.2) is 51.0 Å². The summed E-state index contributed by atoms with van der Waals surface area (Å²) < 4.78 is 35.3. The van der Waals surface area contributed by atoms with Crippen LogP contribution in [0.5, 0.6) is 5.88 Å². The number of aromatic nitrogens is 3. The molecule has 0 bridgehead atoms. The van der Waals surface area contributed by atoms with Gasteiger partial charge in [-0.1, -0.05) is 6.07 Å². The Morgan fingerprint density at radius 2 is 2.21 bits per heavy atom. The number of amides is 1. The number of hydrogen-bond acceptors (Lipinski definition) is 4. The van der Waals surface area contributed by atoms with Crippen LogP contribution in [0.3, 0.4) is 0 Å². The number of halogens is 2. The summed E-state index contributed by atoms with van der Waals surface area (Å²) in [5.74, 6) is -3.78. The first-order valence-electron chi connectivity index (χ1n) is 7.65. The summed E-state index contributed by atoms with van der Waals surface area (Å²) in [7, 11) is 1.69. The van der Waals surface area contributed by atoms with E-state index in [4.69, 9.17) is 4.74 Å². The van der Waals surface area contributed by atoms with Gasteiger partial charge < -0.3 is 14.2 Å². The minimum atomic E-state index is -2.88. The van der Waals surface area contributed by atoms with E-state index in [1.54, 1.807) is 36.0 Å². The number of likely N-dealkylation sites (tertiary alicyclic amines) is 1. The summed E-state index contributed by atoms with van der Waals surface area (Å²) in [4.78, 5) is 21.8. The van der Waals surface area contributed by atoms with Crippen LogP contribution in [0.1, 0.15) is 17.0 Å². The highest BCUT2D eigenvalue weighted by Gasteiger charge is 2.46. The van der Waals surface area contributed by atoms with Crippen LogP contribution < -0.4 is 4.74 Å². The maximum absolute atomic E-state index is 14.2. The number of carbonyl (C=O) groups is 1. The lowest BCUT2D eigenvalue weighted by Gasteiger charge is -2.37. The van der Waals surface area contributed by atoms with Crippen molar-refractivity contribution in [2.24, 2.45) is 13.0 Å². The Morgan fingerprint density at radius 1 is 1.38 bits per heavy atom. The molecule has 1 saturated heterocycles. The number of pyridine rings is 1. The van der Waals surface area contributed by atoms with Crippen LogP contribution >= 0.6 is 0 Å². The summed E-state index contributed by atoms with van der Waals surface area (Å²) in [5.41, 5.74) is 0. The molecule has 24 heavy (non-hydrogen) atoms. The molecular weight excluding hydrogens is 318 g/mol. The molecule has 8 heteroatoms. The maximum atomic E-state index is 14.2. The summed E-state index contributed by atoms with van der Waals surface area (Å²) in [6.07, 6.45) is 4.30. The third-order valence-electron chi connectivity index (χ3n) is 4.12. The SMILES string of the molecule is Cn1ccnc1C(=O)N1CCC(F)(F)C(COc2ccccn2)C1. The van der Waals surface area contributed by atoms with E-state index in [-0.39, 0.29) is 37.8 Å². The van der Waals surface area contributed by atoms with Crippen molar-refractivity contribution in [2.75, 3.05) is 19.7 Å². The molecular formula is C16H18F2N4O2. The van der Waals surface area contributed by atoms with Crippen molar-refractivity contribution in [3.8, 4) is 5.88 Å². The average Bonchev–Trinajstić information content (AvgIpc) is 3.00. The lowest BCUT2D eigenvalue weighted by molar-refractivity contribution is -0.111. The van der Waals surface area contributed by atoms with Crippen LogP contribution in [0, 0.1) is 5.92 Å². The largest absolute Gasteiger partial charge is 0.477 e. The number of carbonyl (C=O) groups excluding carboxylic acids is 1. The molecule has 1 fully saturated rings. The van der Waals surface area contributed by atoms with Gasteiger partial charge in [0, 0.05) is 51.2 Å². The lowest BCUT2D eigenvalue weighted by atomic mass is 9.94. The average molecular weight is 336 g/mol. The summed E-state index contributed by atoms with van der Waals surface area (Å²) in [5, 5.41) is 0. The number of aryl methyl sites for hydroxylation is 1. The van der Waals surface area contributed by atoms with Gasteiger partial charge in [-0.3, -0.25) is 4.79 Å². The molecule has 1 aliphatic rings. The Balaban J connectivity index is 1.68. The minimum Gasteiger partial charge on any atom is -0.477 e. The third-order valence-corrected chi connectivity index (χ3v) is 4.12. The minimum absolute atomic E-state index is 0.00121. The monoisotopic (exact) mass is 336 g/mol. The van der Waals surface area contributed by atoms with Crippen LogP contribution in [0.15, 0.2) is 36.8 Å². The highest BCUT2D eigenvalue weighted by atomic mass is 19.3. The van der Waals surface area contributed by atoms with E-state index >= 15 is 0 Å². The Hall–Kier alpha value is -2.51. The second-order valence-electron chi connectivity index (χ2n) is 5.80. The molecule has 1 amide bonds. The molecule has 128 valence electrons. The Bertz CT molecular complexity index is 705. The fourth-order valence-corrected chi connectivity index (χ4v) is 2.67. The van der Waals surface area contributed by atoms with E-state index in [0.29, 0.717) is 5.88 Å². The van der Waals surface area contributed by atoms with Crippen molar-refractivity contribution in [3.63, 3.8) is 0 Å². The van der Waals surface area contributed by atoms with Gasteiger partial charge in [-0.2, -0.15) is 0 Å². The van der Waals surface area contributed by atoms with Crippen molar-refractivity contribution in [1.29, 1.82) is 0 Å². The molecule has 1 aliphatic heterocycles. The van der Waals surface area contributed by atoms with Gasteiger partial charge in [0.05, 0.1) is 5.92 Å². The third kappa shape index (κ3) is 3.37. The number of hydrogen-bond donors (Lipinski definition) is 0. The number of alkyl halides is 2. The molecule has 6 nitrogen and oxygen atoms in total. The number of ether oxygens (including phenoxy) is 1. The number of nitrogens with zero attached hydrogens (tertiary/aromatic N) is 4. The first-order valence-corrected chi connectivity index (χ1v) is 7.65. The predicted octanol–water partition coefficient (Wildman–Crippen LogP) is 1.99. The smallest absolute Gasteiger partial charge is 0.289 e. The fraction of sp³-hybridized carbons (Fsp3) is 0.438. The second-order valence-corrected chi connectivity index (χ2v) is 5.80. The second kappa shape index (κ2) is 6.54. The normalized spacial score (nSPS) is 20.0. The van der Waals surface area contributed by atoms with Crippen molar-refractivity contribution in [3.05, 3.63) is 42.6 Å². The molecule has 0 aromatic carbocycles. The first-order chi connectivity index (χ1) is 11.5. The van der Waals surface area contributed by atoms with Gasteiger partial charge in [0.1, 0.15) is 6.61 Å². The standard InChI is InChI=1S/C16H18F2N4O2/c1-21-9-7-20-14(21)15(23)22-8-5-16(17,18)12(10-22)11-24-13-4-2-3-6-19-13/h2-4,6-7,9,12H,5,8,10-11H2,1H3. The van der Waals surface area contributed by atoms with Gasteiger partial charge in [-0.05, 0) is 6.07 Å². The number of imidazole rings is 1. The summed E-state index contributed by atoms with van der Waals surface area (Å²) in [6.45, 7) is -0.279. The van der Waals surface area contributed by atoms with Crippen LogP contribution in [0.25, 0.3) is 0 Å². The molecule has 0 aliphatic carbocycles. The number of piperidine rings is 1. The highest BCUT2D eigenvalue weighted by molar-refractivity contribution is 5.90. The predicted molar refractivity (Wildman–Crippen MR) is 81.9 cm³/mol. The quantitative estimate of drug-likeness (QED) is 0.857. The zero-order valence-corrected chi connectivity index (χ0v) is 13.2. The van der Waals surface area contributed by atoms with Gasteiger partial charge in [-0.15, -0.1) is 0 Å². The van der Waals surface area contributed by atoms with Crippen LogP contribution in [0.2, 0.25) is 0 Å². The van der Waals surface area contributed by atoms with E-state index < -0.39 is 11.8 Å². The molecule has 3 heterocycles. The van der Waals surface area contributed by atoms with E-state index in [9.17, 15) is 13.6 Å². The van der Waals surface area contributed by atoms with Gasteiger partial charge in [0.25, 0.3) is 11.8 Å². The lowest BCUT2D eigenvalue weighted by Crippen LogP contribution is -2.51. The van der Waals surface area contributed by atoms with Gasteiger partial charge in [0.15, 0.2) is 5.82 Å². The molecule has 0 spiro atoms. The van der Waals surface area contributed by atoms with E-state index in [1.807, 2.05) is 0 Å². The molecule has 3 rings (SSSR count). The van der Waals surface area contributed by atoms with Crippen molar-refractivity contribution >= 4 is 5.91 Å². The van der Waals surface area contributed by atoms with E-state index in [0.717, 1.165) is 0 Å². The first kappa shape index (κ1) is 16.4. The van der Waals surface area contributed by atoms with Crippen molar-refractivity contribution in [2.45, 2.75) is 12.3 Å². The molecule has 0 radical (unpaired) electrons.